The highest BCUT2D eigenvalue weighted by Crippen LogP contribution is 2.37. The maximum atomic E-state index is 13.6. The third kappa shape index (κ3) is 6.32. The zero-order valence-corrected chi connectivity index (χ0v) is 19.9. The first-order valence-corrected chi connectivity index (χ1v) is 11.5. The number of amides is 1. The number of carboxylic acid groups (broad SMARTS) is 1. The number of hydrogen-bond acceptors (Lipinski definition) is 2. The second kappa shape index (κ2) is 10.8. The molecule has 3 rings (SSSR count). The van der Waals surface area contributed by atoms with Crippen LogP contribution in [0.1, 0.15) is 71.8 Å². The molecule has 1 amide bonds. The van der Waals surface area contributed by atoms with E-state index in [1.807, 2.05) is 36.6 Å². The fourth-order valence-corrected chi connectivity index (χ4v) is 4.13. The van der Waals surface area contributed by atoms with E-state index >= 15 is 0 Å². The number of nitrogens with one attached hydrogen (secondary N) is 1. The van der Waals surface area contributed by atoms with Crippen LogP contribution in [-0.2, 0) is 23.9 Å². The van der Waals surface area contributed by atoms with Gasteiger partial charge in [-0.05, 0) is 55.0 Å². The highest BCUT2D eigenvalue weighted by atomic mass is 19.4. The zero-order valence-electron chi connectivity index (χ0n) is 19.9. The van der Waals surface area contributed by atoms with Crippen LogP contribution in [0.3, 0.4) is 0 Å². The molecule has 1 atom stereocenters. The number of hydrogen-bond donors (Lipinski definition) is 2. The Morgan fingerprint density at radius 3 is 2.31 bits per heavy atom. The summed E-state index contributed by atoms with van der Waals surface area (Å²) < 4.78 is 42.8. The number of anilines is 1. The van der Waals surface area contributed by atoms with Gasteiger partial charge in [0.25, 0.3) is 5.91 Å². The van der Waals surface area contributed by atoms with Crippen molar-refractivity contribution in [2.45, 2.75) is 58.2 Å². The Balaban J connectivity index is 1.86. The van der Waals surface area contributed by atoms with Crippen molar-refractivity contribution < 1.29 is 27.9 Å². The Morgan fingerprint density at radius 1 is 1.03 bits per heavy atom. The molecule has 1 heterocycles. The van der Waals surface area contributed by atoms with Gasteiger partial charge in [0.15, 0.2) is 0 Å². The lowest BCUT2D eigenvalue weighted by molar-refractivity contribution is -0.138. The minimum absolute atomic E-state index is 0.0390. The molecular formula is C27H29F3N2O3. The first-order chi connectivity index (χ1) is 16.5. The minimum Gasteiger partial charge on any atom is -0.481 e. The van der Waals surface area contributed by atoms with Crippen LogP contribution in [0.25, 0.3) is 0 Å². The lowest BCUT2D eigenvalue weighted by atomic mass is 9.98. The Bertz CT molecular complexity index is 1180. The minimum atomic E-state index is -4.71. The van der Waals surface area contributed by atoms with Gasteiger partial charge in [-0.25, -0.2) is 0 Å². The predicted molar refractivity (Wildman–Crippen MR) is 129 cm³/mol. The summed E-state index contributed by atoms with van der Waals surface area (Å²) in [5, 5.41) is 11.6. The second-order valence-electron chi connectivity index (χ2n) is 8.87. The van der Waals surface area contributed by atoms with E-state index in [2.05, 4.69) is 17.4 Å². The summed E-state index contributed by atoms with van der Waals surface area (Å²) in [7, 11) is 0. The Hall–Kier alpha value is -3.55. The van der Waals surface area contributed by atoms with E-state index in [0.29, 0.717) is 12.1 Å². The summed E-state index contributed by atoms with van der Waals surface area (Å²) in [6.07, 6.45) is -1.23. The number of benzene rings is 2. The van der Waals surface area contributed by atoms with Crippen LogP contribution >= 0.6 is 0 Å². The zero-order chi connectivity index (χ0) is 25.8. The van der Waals surface area contributed by atoms with Crippen LogP contribution in [0.2, 0.25) is 0 Å². The lowest BCUT2D eigenvalue weighted by Gasteiger charge is -2.18. The average molecular weight is 487 g/mol. The number of carbonyl (C=O) groups is 2. The summed E-state index contributed by atoms with van der Waals surface area (Å²) in [5.41, 5.74) is 0.922. The van der Waals surface area contributed by atoms with Crippen molar-refractivity contribution in [3.63, 3.8) is 0 Å². The molecule has 0 radical (unpaired) electrons. The molecule has 0 aliphatic carbocycles. The number of carboxylic acids is 1. The van der Waals surface area contributed by atoms with Crippen LogP contribution in [0.15, 0.2) is 60.8 Å². The van der Waals surface area contributed by atoms with E-state index in [-0.39, 0.29) is 11.5 Å². The van der Waals surface area contributed by atoms with Gasteiger partial charge >= 0.3 is 12.1 Å². The molecular weight excluding hydrogens is 457 g/mol. The largest absolute Gasteiger partial charge is 0.481 e. The predicted octanol–water partition coefficient (Wildman–Crippen LogP) is 6.70. The number of aromatic nitrogens is 1. The lowest BCUT2D eigenvalue weighted by Crippen LogP contribution is -2.19. The van der Waals surface area contributed by atoms with Crippen LogP contribution in [0.5, 0.6) is 0 Å². The molecule has 35 heavy (non-hydrogen) atoms. The maximum Gasteiger partial charge on any atom is 0.418 e. The fourth-order valence-electron chi connectivity index (χ4n) is 4.13. The van der Waals surface area contributed by atoms with Crippen molar-refractivity contribution in [2.24, 2.45) is 0 Å². The van der Waals surface area contributed by atoms with Gasteiger partial charge in [-0.2, -0.15) is 13.2 Å². The molecule has 5 nitrogen and oxygen atoms in total. The van der Waals surface area contributed by atoms with Crippen molar-refractivity contribution in [3.8, 4) is 0 Å². The Morgan fingerprint density at radius 2 is 1.71 bits per heavy atom. The van der Waals surface area contributed by atoms with Crippen molar-refractivity contribution in [1.82, 2.24) is 4.57 Å². The third-order valence-electron chi connectivity index (χ3n) is 5.97. The number of aryl methyl sites for hydroxylation is 2. The molecule has 2 aromatic carbocycles. The Labute approximate surface area is 202 Å². The van der Waals surface area contributed by atoms with Gasteiger partial charge in [0.2, 0.25) is 0 Å². The van der Waals surface area contributed by atoms with Gasteiger partial charge < -0.3 is 15.0 Å². The normalized spacial score (nSPS) is 12.5. The average Bonchev–Trinajstić information content (AvgIpc) is 3.23. The summed E-state index contributed by atoms with van der Waals surface area (Å²) >= 11 is 0. The number of carbonyl (C=O) groups excluding carboxylic acids is 1. The number of rotatable bonds is 9. The van der Waals surface area contributed by atoms with E-state index in [9.17, 15) is 27.9 Å². The van der Waals surface area contributed by atoms with Gasteiger partial charge in [-0.15, -0.1) is 0 Å². The summed E-state index contributed by atoms with van der Waals surface area (Å²) in [6.45, 7) is 5.89. The molecule has 0 aliphatic heterocycles. The molecule has 0 aliphatic rings. The molecule has 0 bridgehead atoms. The van der Waals surface area contributed by atoms with E-state index in [1.165, 1.54) is 12.5 Å². The molecule has 0 fully saturated rings. The molecule has 0 saturated heterocycles. The van der Waals surface area contributed by atoms with E-state index < -0.39 is 35.2 Å². The van der Waals surface area contributed by atoms with E-state index in [4.69, 9.17) is 0 Å². The second-order valence-corrected chi connectivity index (χ2v) is 8.87. The SMILES string of the molecule is CC(C)c1c(C(=O)Nc2cc(C(C)C(=O)O)ccc2C(F)(F)F)ccn1CCCc1ccccc1. The summed E-state index contributed by atoms with van der Waals surface area (Å²) in [5.74, 6) is -2.90. The van der Waals surface area contributed by atoms with Crippen molar-refractivity contribution in [2.75, 3.05) is 5.32 Å². The van der Waals surface area contributed by atoms with E-state index in [1.54, 1.807) is 12.3 Å². The molecule has 2 N–H and O–H groups in total. The number of aliphatic carboxylic acids is 1. The van der Waals surface area contributed by atoms with Crippen LogP contribution < -0.4 is 5.32 Å². The van der Waals surface area contributed by atoms with Gasteiger partial charge in [-0.3, -0.25) is 9.59 Å². The number of halogens is 3. The molecule has 3 aromatic rings. The smallest absolute Gasteiger partial charge is 0.418 e. The third-order valence-corrected chi connectivity index (χ3v) is 5.97. The highest BCUT2D eigenvalue weighted by Gasteiger charge is 2.35. The molecule has 8 heteroatoms. The highest BCUT2D eigenvalue weighted by molar-refractivity contribution is 6.05. The fraction of sp³-hybridized carbons (Fsp3) is 0.333. The van der Waals surface area contributed by atoms with Crippen LogP contribution in [0.4, 0.5) is 18.9 Å². The number of alkyl halides is 3. The molecule has 0 saturated carbocycles. The maximum absolute atomic E-state index is 13.6. The Kier molecular flexibility index (Phi) is 8.04. The van der Waals surface area contributed by atoms with Crippen molar-refractivity contribution in [3.05, 3.63) is 88.7 Å². The first-order valence-electron chi connectivity index (χ1n) is 11.5. The van der Waals surface area contributed by atoms with Gasteiger partial charge in [0.05, 0.1) is 22.7 Å². The summed E-state index contributed by atoms with van der Waals surface area (Å²) in [4.78, 5) is 24.5. The molecule has 1 aromatic heterocycles. The molecule has 0 spiro atoms. The molecule has 186 valence electrons. The number of nitrogens with zero attached hydrogens (tertiary/aromatic N) is 1. The standard InChI is InChI=1S/C27H29F3N2O3/c1-17(2)24-21(13-15-32(24)14-7-10-19-8-5-4-6-9-19)25(33)31-23-16-20(18(3)26(34)35)11-12-22(23)27(28,29)30/h4-6,8-9,11-13,15-18H,7,10,14H2,1-3H3,(H,31,33)(H,34,35). The van der Waals surface area contributed by atoms with Crippen LogP contribution in [-0.4, -0.2) is 21.6 Å². The van der Waals surface area contributed by atoms with E-state index in [0.717, 1.165) is 36.7 Å². The first kappa shape index (κ1) is 26.1. The van der Waals surface area contributed by atoms with Gasteiger partial charge in [0, 0.05) is 18.4 Å². The van der Waals surface area contributed by atoms with Crippen molar-refractivity contribution in [1.29, 1.82) is 0 Å². The topological polar surface area (TPSA) is 71.3 Å². The van der Waals surface area contributed by atoms with Gasteiger partial charge in [0.1, 0.15) is 0 Å². The summed E-state index contributed by atoms with van der Waals surface area (Å²) in [6, 6.07) is 14.7. The molecule has 1 unspecified atom stereocenters. The van der Waals surface area contributed by atoms with Crippen molar-refractivity contribution >= 4 is 17.6 Å². The van der Waals surface area contributed by atoms with Crippen LogP contribution in [0, 0.1) is 0 Å². The quantitative estimate of drug-likeness (QED) is 0.353. The monoisotopic (exact) mass is 486 g/mol. The van der Waals surface area contributed by atoms with Gasteiger partial charge in [-0.1, -0.05) is 50.2 Å².